The standard InChI is InChI=1S/C29H33N9O3/c1-17(33-16-25(39)38-11-3-4-22(38)15-30)14-29(28-34-35-36-37(28)2)23-9-7-20(26(31)40)12-18(23)5-6-19-13-21(27(32)41)8-10-24(19)29/h7-10,12-13,17,22,33H,3-6,11,14,16H2,1-2H3,(H2,31,40)(H2,32,41)/t17-,22+/m1/s1. The minimum absolute atomic E-state index is 0.0768. The first-order valence-electron chi connectivity index (χ1n) is 13.7. The highest BCUT2D eigenvalue weighted by molar-refractivity contribution is 5.94. The number of carbonyl (C=O) groups excluding carboxylic acids is 3. The van der Waals surface area contributed by atoms with Crippen LogP contribution in [0.25, 0.3) is 0 Å². The summed E-state index contributed by atoms with van der Waals surface area (Å²) >= 11 is 0. The van der Waals surface area contributed by atoms with Crippen LogP contribution in [0.5, 0.6) is 0 Å². The van der Waals surface area contributed by atoms with Gasteiger partial charge in [-0.2, -0.15) is 5.26 Å². The Morgan fingerprint density at radius 1 is 1.10 bits per heavy atom. The van der Waals surface area contributed by atoms with Crippen LogP contribution in [-0.2, 0) is 30.1 Å². The van der Waals surface area contributed by atoms with E-state index in [4.69, 9.17) is 11.5 Å². The lowest BCUT2D eigenvalue weighted by Gasteiger charge is -2.37. The molecule has 41 heavy (non-hydrogen) atoms. The van der Waals surface area contributed by atoms with Crippen LogP contribution in [0.15, 0.2) is 36.4 Å². The van der Waals surface area contributed by atoms with Crippen molar-refractivity contribution in [3.05, 3.63) is 75.6 Å². The molecule has 3 aromatic rings. The van der Waals surface area contributed by atoms with Crippen LogP contribution in [0, 0.1) is 11.3 Å². The Labute approximate surface area is 237 Å². The number of benzene rings is 2. The number of nitrogens with two attached hydrogens (primary N) is 2. The molecule has 1 aliphatic heterocycles. The van der Waals surface area contributed by atoms with Gasteiger partial charge in [-0.05, 0) is 96.0 Å². The summed E-state index contributed by atoms with van der Waals surface area (Å²) in [5.41, 5.74) is 14.8. The summed E-state index contributed by atoms with van der Waals surface area (Å²) in [5.74, 6) is -0.593. The van der Waals surface area contributed by atoms with E-state index in [2.05, 4.69) is 26.9 Å². The number of hydrogen-bond acceptors (Lipinski definition) is 8. The Morgan fingerprint density at radius 3 is 2.22 bits per heavy atom. The summed E-state index contributed by atoms with van der Waals surface area (Å²) < 4.78 is 1.63. The van der Waals surface area contributed by atoms with Crippen LogP contribution in [0.1, 0.15) is 75.0 Å². The van der Waals surface area contributed by atoms with Crippen molar-refractivity contribution >= 4 is 17.7 Å². The van der Waals surface area contributed by atoms with Gasteiger partial charge in [0.05, 0.1) is 18.0 Å². The fourth-order valence-electron chi connectivity index (χ4n) is 6.39. The number of nitrogens with one attached hydrogen (secondary N) is 1. The molecule has 0 saturated carbocycles. The number of amides is 3. The van der Waals surface area contributed by atoms with Gasteiger partial charge in [-0.1, -0.05) is 12.1 Å². The number of aryl methyl sites for hydroxylation is 3. The van der Waals surface area contributed by atoms with E-state index in [1.54, 1.807) is 28.8 Å². The van der Waals surface area contributed by atoms with Gasteiger partial charge in [0.1, 0.15) is 6.04 Å². The first kappa shape index (κ1) is 27.9. The van der Waals surface area contributed by atoms with Crippen molar-refractivity contribution in [1.82, 2.24) is 30.4 Å². The molecule has 2 aromatic carbocycles. The summed E-state index contributed by atoms with van der Waals surface area (Å²) in [6, 6.07) is 12.5. The fourth-order valence-corrected chi connectivity index (χ4v) is 6.39. The maximum Gasteiger partial charge on any atom is 0.248 e. The molecular formula is C29H33N9O3. The Balaban J connectivity index is 1.62. The monoisotopic (exact) mass is 555 g/mol. The molecule has 2 atom stereocenters. The predicted octanol–water partition coefficient (Wildman–Crippen LogP) is 0.724. The summed E-state index contributed by atoms with van der Waals surface area (Å²) in [5, 5.41) is 25.4. The second kappa shape index (κ2) is 11.1. The minimum Gasteiger partial charge on any atom is -0.366 e. The molecule has 2 aliphatic rings. The molecule has 1 aliphatic carbocycles. The van der Waals surface area contributed by atoms with E-state index in [1.807, 2.05) is 31.2 Å². The Bertz CT molecular complexity index is 1490. The number of carbonyl (C=O) groups is 3. The summed E-state index contributed by atoms with van der Waals surface area (Å²) in [4.78, 5) is 38.9. The minimum atomic E-state index is -0.913. The van der Waals surface area contributed by atoms with E-state index in [-0.39, 0.29) is 18.5 Å². The normalized spacial score (nSPS) is 18.1. The number of likely N-dealkylation sites (tertiary alicyclic amines) is 1. The third-order valence-electron chi connectivity index (χ3n) is 8.30. The smallest absolute Gasteiger partial charge is 0.248 e. The number of hydrogen-bond donors (Lipinski definition) is 3. The zero-order valence-electron chi connectivity index (χ0n) is 23.1. The van der Waals surface area contributed by atoms with Gasteiger partial charge in [-0.15, -0.1) is 5.10 Å². The molecule has 0 radical (unpaired) electrons. The van der Waals surface area contributed by atoms with Gasteiger partial charge in [-0.25, -0.2) is 4.68 Å². The van der Waals surface area contributed by atoms with Crippen LogP contribution < -0.4 is 16.8 Å². The van der Waals surface area contributed by atoms with Crippen LogP contribution in [0.4, 0.5) is 0 Å². The summed E-state index contributed by atoms with van der Waals surface area (Å²) in [6.07, 6.45) is 3.12. The molecule has 2 heterocycles. The molecule has 12 nitrogen and oxygen atoms in total. The molecule has 5 rings (SSSR count). The third-order valence-corrected chi connectivity index (χ3v) is 8.30. The average molecular weight is 556 g/mol. The van der Waals surface area contributed by atoms with Gasteiger partial charge < -0.3 is 21.7 Å². The highest BCUT2D eigenvalue weighted by Crippen LogP contribution is 2.47. The van der Waals surface area contributed by atoms with Crippen molar-refractivity contribution in [2.45, 2.75) is 56.5 Å². The summed E-state index contributed by atoms with van der Waals surface area (Å²) in [7, 11) is 1.77. The van der Waals surface area contributed by atoms with Gasteiger partial charge in [0.15, 0.2) is 5.82 Å². The Hall–Kier alpha value is -4.63. The lowest BCUT2D eigenvalue weighted by Crippen LogP contribution is -2.45. The highest BCUT2D eigenvalue weighted by Gasteiger charge is 2.46. The third kappa shape index (κ3) is 5.04. The predicted molar refractivity (Wildman–Crippen MR) is 148 cm³/mol. The number of primary amides is 2. The molecule has 12 heteroatoms. The quantitative estimate of drug-likeness (QED) is 0.363. The molecular weight excluding hydrogens is 522 g/mol. The topological polar surface area (TPSA) is 186 Å². The van der Waals surface area contributed by atoms with Gasteiger partial charge in [0, 0.05) is 30.8 Å². The van der Waals surface area contributed by atoms with E-state index in [0.29, 0.717) is 49.2 Å². The Morgan fingerprint density at radius 2 is 1.71 bits per heavy atom. The van der Waals surface area contributed by atoms with Crippen LogP contribution >= 0.6 is 0 Å². The van der Waals surface area contributed by atoms with Gasteiger partial charge >= 0.3 is 0 Å². The summed E-state index contributed by atoms with van der Waals surface area (Å²) in [6.45, 7) is 2.64. The van der Waals surface area contributed by atoms with Crippen molar-refractivity contribution < 1.29 is 14.4 Å². The van der Waals surface area contributed by atoms with Crippen molar-refractivity contribution in [3.8, 4) is 6.07 Å². The number of rotatable bonds is 8. The maximum absolute atomic E-state index is 13.0. The lowest BCUT2D eigenvalue weighted by molar-refractivity contribution is -0.130. The van der Waals surface area contributed by atoms with Crippen LogP contribution in [0.2, 0.25) is 0 Å². The fraction of sp³-hybridized carbons (Fsp3) is 0.414. The van der Waals surface area contributed by atoms with Gasteiger partial charge in [0.2, 0.25) is 17.7 Å². The second-order valence-corrected chi connectivity index (χ2v) is 10.9. The molecule has 3 amide bonds. The van der Waals surface area contributed by atoms with E-state index in [1.165, 1.54) is 0 Å². The van der Waals surface area contributed by atoms with Gasteiger partial charge in [0.25, 0.3) is 0 Å². The molecule has 1 fully saturated rings. The number of aromatic nitrogens is 4. The lowest BCUT2D eigenvalue weighted by atomic mass is 9.67. The zero-order valence-corrected chi connectivity index (χ0v) is 23.1. The average Bonchev–Trinajstić information content (AvgIpc) is 3.59. The highest BCUT2D eigenvalue weighted by atomic mass is 16.2. The van der Waals surface area contributed by atoms with E-state index in [0.717, 1.165) is 28.7 Å². The SMILES string of the molecule is C[C@H](CC1(c2nnnn2C)c2ccc(C(N)=O)cc2CCc2cc(C(N)=O)ccc21)NCC(=O)N1CCC[C@H]1C#N. The van der Waals surface area contributed by atoms with E-state index >= 15 is 0 Å². The van der Waals surface area contributed by atoms with Crippen molar-refractivity contribution in [1.29, 1.82) is 5.26 Å². The number of nitriles is 1. The van der Waals surface area contributed by atoms with Crippen LogP contribution in [-0.4, -0.2) is 68.0 Å². The number of tetrazole rings is 1. The first-order chi connectivity index (χ1) is 19.6. The number of fused-ring (bicyclic) bond motifs is 2. The van der Waals surface area contributed by atoms with E-state index in [9.17, 15) is 19.6 Å². The molecule has 212 valence electrons. The first-order valence-corrected chi connectivity index (χ1v) is 13.7. The molecule has 0 bridgehead atoms. The molecule has 5 N–H and O–H groups in total. The zero-order chi connectivity index (χ0) is 29.3. The molecule has 0 spiro atoms. The van der Waals surface area contributed by atoms with Crippen molar-refractivity contribution in [3.63, 3.8) is 0 Å². The van der Waals surface area contributed by atoms with Gasteiger partial charge in [-0.3, -0.25) is 14.4 Å². The van der Waals surface area contributed by atoms with Crippen molar-refractivity contribution in [2.24, 2.45) is 18.5 Å². The van der Waals surface area contributed by atoms with E-state index < -0.39 is 23.3 Å². The Kier molecular flexibility index (Phi) is 7.55. The maximum atomic E-state index is 13.0. The van der Waals surface area contributed by atoms with Crippen LogP contribution in [0.3, 0.4) is 0 Å². The largest absolute Gasteiger partial charge is 0.366 e. The van der Waals surface area contributed by atoms with Crippen molar-refractivity contribution in [2.75, 3.05) is 13.1 Å². The molecule has 0 unspecified atom stereocenters. The second-order valence-electron chi connectivity index (χ2n) is 10.9. The molecule has 1 aromatic heterocycles. The molecule has 1 saturated heterocycles. The number of nitrogens with zero attached hydrogens (tertiary/aromatic N) is 6.